The number of ether oxygens (including phenoxy) is 1. The second-order valence-electron chi connectivity index (χ2n) is 6.41. The molecule has 0 N–H and O–H groups in total. The molecule has 0 radical (unpaired) electrons. The molecule has 1 aliphatic rings. The van der Waals surface area contributed by atoms with Crippen LogP contribution in [0.1, 0.15) is 11.5 Å². The first-order valence-electron chi connectivity index (χ1n) is 8.97. The zero-order valence-corrected chi connectivity index (χ0v) is 16.4. The number of amides is 1. The number of piperazine rings is 1. The van der Waals surface area contributed by atoms with Gasteiger partial charge in [0, 0.05) is 32.7 Å². The maximum Gasteiger partial charge on any atom is 0.256 e. The molecule has 1 fully saturated rings. The van der Waals surface area contributed by atoms with E-state index >= 15 is 0 Å². The van der Waals surface area contributed by atoms with E-state index in [2.05, 4.69) is 9.88 Å². The maximum atomic E-state index is 13.5. The van der Waals surface area contributed by atoms with Gasteiger partial charge in [-0.2, -0.15) is 0 Å². The molecule has 0 bridgehead atoms. The Balaban J connectivity index is 1.35. The van der Waals surface area contributed by atoms with Crippen molar-refractivity contribution in [2.24, 2.45) is 0 Å². The van der Waals surface area contributed by atoms with E-state index in [0.29, 0.717) is 37.2 Å². The number of carbonyl (C=O) groups excluding carboxylic acids is 1. The molecule has 1 amide bonds. The molecule has 6 nitrogen and oxygen atoms in total. The van der Waals surface area contributed by atoms with Crippen molar-refractivity contribution in [3.63, 3.8) is 0 Å². The predicted molar refractivity (Wildman–Crippen MR) is 102 cm³/mol. The van der Waals surface area contributed by atoms with Crippen LogP contribution in [0, 0.1) is 19.7 Å². The van der Waals surface area contributed by atoms with Crippen LogP contribution in [0.3, 0.4) is 0 Å². The summed E-state index contributed by atoms with van der Waals surface area (Å²) in [6, 6.07) is 6.40. The molecular weight excluding hydrogens is 369 g/mol. The Bertz CT molecular complexity index is 756. The van der Waals surface area contributed by atoms with E-state index in [1.807, 2.05) is 18.7 Å². The number of hydrogen-bond acceptors (Lipinski definition) is 6. The zero-order chi connectivity index (χ0) is 19.2. The van der Waals surface area contributed by atoms with Crippen LogP contribution < -0.4 is 4.74 Å². The summed E-state index contributed by atoms with van der Waals surface area (Å²) in [7, 11) is 0. The number of rotatable bonds is 7. The highest BCUT2D eigenvalue weighted by molar-refractivity contribution is 7.99. The van der Waals surface area contributed by atoms with Crippen molar-refractivity contribution in [1.82, 2.24) is 14.8 Å². The van der Waals surface area contributed by atoms with Crippen molar-refractivity contribution < 1.29 is 18.3 Å². The molecule has 1 aromatic carbocycles. The van der Waals surface area contributed by atoms with Gasteiger partial charge in [-0.1, -0.05) is 23.9 Å². The molecule has 0 atom stereocenters. The van der Waals surface area contributed by atoms with Crippen LogP contribution in [-0.2, 0) is 4.79 Å². The Kier molecular flexibility index (Phi) is 6.73. The Hall–Kier alpha value is -2.06. The second kappa shape index (κ2) is 9.23. The molecule has 0 saturated carbocycles. The van der Waals surface area contributed by atoms with Gasteiger partial charge in [-0.25, -0.2) is 9.37 Å². The number of hydrogen-bond donors (Lipinski definition) is 0. The summed E-state index contributed by atoms with van der Waals surface area (Å²) < 4.78 is 24.5. The van der Waals surface area contributed by atoms with Crippen molar-refractivity contribution in [2.75, 3.05) is 45.1 Å². The Morgan fingerprint density at radius 1 is 1.26 bits per heavy atom. The second-order valence-corrected chi connectivity index (χ2v) is 7.34. The van der Waals surface area contributed by atoms with Crippen molar-refractivity contribution in [2.45, 2.75) is 19.1 Å². The summed E-state index contributed by atoms with van der Waals surface area (Å²) in [4.78, 5) is 20.7. The highest BCUT2D eigenvalue weighted by atomic mass is 32.2. The molecule has 0 unspecified atom stereocenters. The van der Waals surface area contributed by atoms with E-state index < -0.39 is 0 Å². The largest absolute Gasteiger partial charge is 0.489 e. The van der Waals surface area contributed by atoms with Crippen LogP contribution in [0.15, 0.2) is 33.9 Å². The van der Waals surface area contributed by atoms with Gasteiger partial charge < -0.3 is 14.1 Å². The average molecular weight is 393 g/mol. The number of benzene rings is 1. The number of aryl methyl sites for hydroxylation is 2. The van der Waals surface area contributed by atoms with Gasteiger partial charge in [-0.15, -0.1) is 0 Å². The van der Waals surface area contributed by atoms with Crippen molar-refractivity contribution in [1.29, 1.82) is 0 Å². The zero-order valence-electron chi connectivity index (χ0n) is 15.6. The van der Waals surface area contributed by atoms with E-state index in [0.717, 1.165) is 24.5 Å². The first-order chi connectivity index (χ1) is 13.0. The number of halogens is 1. The fraction of sp³-hybridized carbons (Fsp3) is 0.474. The molecule has 27 heavy (non-hydrogen) atoms. The molecular formula is C19H24FN3O3S. The van der Waals surface area contributed by atoms with Crippen molar-refractivity contribution in [3.05, 3.63) is 41.5 Å². The monoisotopic (exact) mass is 393 g/mol. The topological polar surface area (TPSA) is 58.8 Å². The van der Waals surface area contributed by atoms with Gasteiger partial charge >= 0.3 is 0 Å². The Labute approximate surface area is 162 Å². The van der Waals surface area contributed by atoms with Crippen LogP contribution >= 0.6 is 11.8 Å². The third-order valence-corrected chi connectivity index (χ3v) is 5.37. The molecule has 146 valence electrons. The first-order valence-corrected chi connectivity index (χ1v) is 9.96. The molecule has 2 aromatic rings. The lowest BCUT2D eigenvalue weighted by Crippen LogP contribution is -2.50. The minimum atomic E-state index is -0.346. The third-order valence-electron chi connectivity index (χ3n) is 4.55. The number of thioether (sulfide) groups is 1. The molecule has 1 aromatic heterocycles. The predicted octanol–water partition coefficient (Wildman–Crippen LogP) is 2.75. The molecule has 3 rings (SSSR count). The van der Waals surface area contributed by atoms with Crippen LogP contribution in [0.5, 0.6) is 5.75 Å². The van der Waals surface area contributed by atoms with Gasteiger partial charge in [0.05, 0.1) is 11.4 Å². The maximum absolute atomic E-state index is 13.5. The molecule has 1 saturated heterocycles. The van der Waals surface area contributed by atoms with Gasteiger partial charge in [0.15, 0.2) is 11.6 Å². The van der Waals surface area contributed by atoms with Gasteiger partial charge in [-0.05, 0) is 26.0 Å². The number of aromatic nitrogens is 1. The standard InChI is InChI=1S/C19H24FN3O3S/c1-14-15(2)26-19(21-14)27-13-18(24)23-9-7-22(8-10-23)11-12-25-17-6-4-3-5-16(17)20/h3-6H,7-13H2,1-2H3. The number of carbonyl (C=O) groups is 1. The minimum Gasteiger partial charge on any atom is -0.489 e. The molecule has 1 aliphatic heterocycles. The van der Waals surface area contributed by atoms with Gasteiger partial charge in [0.25, 0.3) is 5.22 Å². The summed E-state index contributed by atoms with van der Waals surface area (Å²) in [5.41, 5.74) is 0.858. The lowest BCUT2D eigenvalue weighted by atomic mass is 10.3. The van der Waals surface area contributed by atoms with E-state index in [-0.39, 0.29) is 17.5 Å². The molecule has 2 heterocycles. The Morgan fingerprint density at radius 2 is 2.00 bits per heavy atom. The number of oxazole rings is 1. The van der Waals surface area contributed by atoms with Crippen LogP contribution in [-0.4, -0.2) is 65.8 Å². The Morgan fingerprint density at radius 3 is 2.67 bits per heavy atom. The number of nitrogens with zero attached hydrogens (tertiary/aromatic N) is 3. The SMILES string of the molecule is Cc1nc(SCC(=O)N2CCN(CCOc3ccccc3F)CC2)oc1C. The van der Waals surface area contributed by atoms with E-state index in [1.54, 1.807) is 18.2 Å². The quantitative estimate of drug-likeness (QED) is 0.674. The average Bonchev–Trinajstić information content (AvgIpc) is 2.99. The smallest absolute Gasteiger partial charge is 0.256 e. The van der Waals surface area contributed by atoms with Crippen LogP contribution in [0.25, 0.3) is 0 Å². The van der Waals surface area contributed by atoms with Crippen molar-refractivity contribution in [3.8, 4) is 5.75 Å². The summed E-state index contributed by atoms with van der Waals surface area (Å²) in [5, 5.41) is 0.544. The van der Waals surface area contributed by atoms with Crippen LogP contribution in [0.2, 0.25) is 0 Å². The summed E-state index contributed by atoms with van der Waals surface area (Å²) in [5.74, 6) is 1.14. The highest BCUT2D eigenvalue weighted by Crippen LogP contribution is 2.20. The summed E-state index contributed by atoms with van der Waals surface area (Å²) in [6.07, 6.45) is 0. The van der Waals surface area contributed by atoms with Gasteiger partial charge in [0.2, 0.25) is 5.91 Å². The summed E-state index contributed by atoms with van der Waals surface area (Å²) in [6.45, 7) is 7.82. The normalized spacial score (nSPS) is 15.1. The molecule has 0 spiro atoms. The number of para-hydroxylation sites is 1. The van der Waals surface area contributed by atoms with E-state index in [4.69, 9.17) is 9.15 Å². The molecule has 8 heteroatoms. The molecule has 0 aliphatic carbocycles. The lowest BCUT2D eigenvalue weighted by molar-refractivity contribution is -0.130. The van der Waals surface area contributed by atoms with Gasteiger partial charge in [-0.3, -0.25) is 9.69 Å². The van der Waals surface area contributed by atoms with E-state index in [9.17, 15) is 9.18 Å². The van der Waals surface area contributed by atoms with Gasteiger partial charge in [0.1, 0.15) is 12.4 Å². The van der Waals surface area contributed by atoms with E-state index in [1.165, 1.54) is 17.8 Å². The van der Waals surface area contributed by atoms with Crippen molar-refractivity contribution >= 4 is 17.7 Å². The lowest BCUT2D eigenvalue weighted by Gasteiger charge is -2.34. The minimum absolute atomic E-state index is 0.0933. The summed E-state index contributed by atoms with van der Waals surface area (Å²) >= 11 is 1.33. The highest BCUT2D eigenvalue weighted by Gasteiger charge is 2.21. The van der Waals surface area contributed by atoms with Crippen LogP contribution in [0.4, 0.5) is 4.39 Å². The fourth-order valence-corrected chi connectivity index (χ4v) is 3.60. The fourth-order valence-electron chi connectivity index (χ4n) is 2.79. The third kappa shape index (κ3) is 5.46. The first kappa shape index (κ1) is 19.7.